The van der Waals surface area contributed by atoms with E-state index in [1.54, 1.807) is 0 Å². The van der Waals surface area contributed by atoms with Crippen LogP contribution in [0.1, 0.15) is 31.5 Å². The third-order valence-electron chi connectivity index (χ3n) is 2.70. The normalized spacial score (nSPS) is 22.4. The summed E-state index contributed by atoms with van der Waals surface area (Å²) < 4.78 is 0. The Morgan fingerprint density at radius 2 is 2.11 bits per heavy atom. The second-order valence-corrected chi connectivity index (χ2v) is 3.98. The molecule has 6 nitrogen and oxygen atoms in total. The van der Waals surface area contributed by atoms with E-state index < -0.39 is 0 Å². The summed E-state index contributed by atoms with van der Waals surface area (Å²) in [6, 6.07) is 1.47. The maximum absolute atomic E-state index is 11.1. The number of hydrogen-bond donors (Lipinski definition) is 3. The van der Waals surface area contributed by atoms with Gasteiger partial charge >= 0.3 is 0 Å². The summed E-state index contributed by atoms with van der Waals surface area (Å²) in [4.78, 5) is 17.7. The second-order valence-electron chi connectivity index (χ2n) is 3.98. The summed E-state index contributed by atoms with van der Waals surface area (Å²) in [5, 5.41) is 20.6. The molecule has 1 aliphatic rings. The van der Waals surface area contributed by atoms with Crippen molar-refractivity contribution in [1.82, 2.24) is 9.97 Å². The van der Waals surface area contributed by atoms with Gasteiger partial charge in [0.05, 0.1) is 6.07 Å². The Morgan fingerprint density at radius 3 is 2.61 bits per heavy atom. The first-order valence-corrected chi connectivity index (χ1v) is 5.56. The first kappa shape index (κ1) is 17.7. The third kappa shape index (κ3) is 5.14. The van der Waals surface area contributed by atoms with E-state index >= 15 is 0 Å². The number of nitrogens with one attached hydrogen (secondary N) is 1. The maximum Gasteiger partial charge on any atom is 0.254 e. The van der Waals surface area contributed by atoms with Crippen molar-refractivity contribution >= 4 is 0 Å². The molecule has 1 aromatic rings. The number of hydrogen-bond acceptors (Lipinski definition) is 4. The van der Waals surface area contributed by atoms with Gasteiger partial charge in [0.2, 0.25) is 5.88 Å². The standard InChI is InChI=1S/C10H14N3O2.CH4O.Y/c1-6-2-3-7(5-11-6)10-12-8(14)4-9(15)13-10;1-2;/h4,6-7H,2-3,5H2,1H3,(H2,12,13,14,15);2H,1H3;/q-1;;. The van der Waals surface area contributed by atoms with E-state index in [0.29, 0.717) is 18.4 Å². The molecular weight excluding hydrogens is 311 g/mol. The molecule has 1 aromatic heterocycles. The molecule has 1 fully saturated rings. The molecule has 2 heterocycles. The molecule has 0 saturated carbocycles. The minimum absolute atomic E-state index is 0. The van der Waals surface area contributed by atoms with Crippen LogP contribution in [-0.4, -0.2) is 39.9 Å². The first-order valence-electron chi connectivity index (χ1n) is 5.56. The smallest absolute Gasteiger partial charge is 0.254 e. The van der Waals surface area contributed by atoms with E-state index in [4.69, 9.17) is 5.11 Å². The van der Waals surface area contributed by atoms with Crippen molar-refractivity contribution in [3.05, 3.63) is 27.6 Å². The number of aromatic hydroxyl groups is 1. The van der Waals surface area contributed by atoms with E-state index in [-0.39, 0.29) is 50.1 Å². The molecule has 0 amide bonds. The van der Waals surface area contributed by atoms with Crippen LogP contribution in [-0.2, 0) is 32.7 Å². The first-order chi connectivity index (χ1) is 8.15. The Labute approximate surface area is 131 Å². The zero-order valence-electron chi connectivity index (χ0n) is 10.6. The average molecular weight is 329 g/mol. The Morgan fingerprint density at radius 1 is 1.44 bits per heavy atom. The van der Waals surface area contributed by atoms with Crippen molar-refractivity contribution < 1.29 is 42.9 Å². The van der Waals surface area contributed by atoms with E-state index in [9.17, 15) is 9.90 Å². The second kappa shape index (κ2) is 8.74. The van der Waals surface area contributed by atoms with Gasteiger partial charge in [-0.1, -0.05) is 13.3 Å². The van der Waals surface area contributed by atoms with Crippen LogP contribution in [0.2, 0.25) is 0 Å². The van der Waals surface area contributed by atoms with Crippen LogP contribution in [0.3, 0.4) is 0 Å². The van der Waals surface area contributed by atoms with Gasteiger partial charge in [-0.25, -0.2) is 4.98 Å². The predicted molar refractivity (Wildman–Crippen MR) is 64.3 cm³/mol. The molecule has 3 N–H and O–H groups in total. The van der Waals surface area contributed by atoms with Gasteiger partial charge in [-0.05, 0) is 12.3 Å². The molecule has 2 rings (SSSR count). The van der Waals surface area contributed by atoms with Crippen molar-refractivity contribution in [2.75, 3.05) is 13.7 Å². The van der Waals surface area contributed by atoms with Gasteiger partial charge in [-0.15, -0.1) is 12.6 Å². The minimum atomic E-state index is -0.309. The molecule has 0 spiro atoms. The molecule has 1 aliphatic heterocycles. The number of aromatic nitrogens is 2. The monoisotopic (exact) mass is 329 g/mol. The fourth-order valence-corrected chi connectivity index (χ4v) is 1.81. The number of rotatable bonds is 1. The van der Waals surface area contributed by atoms with Crippen LogP contribution >= 0.6 is 0 Å². The number of nitrogens with zero attached hydrogens (tertiary/aromatic N) is 2. The molecule has 1 radical (unpaired) electrons. The number of piperidine rings is 1. The van der Waals surface area contributed by atoms with Crippen molar-refractivity contribution in [2.24, 2.45) is 0 Å². The fraction of sp³-hybridized carbons (Fsp3) is 0.636. The molecular formula is C11H18N3O3Y-. The zero-order chi connectivity index (χ0) is 12.8. The Hall–Kier alpha value is -0.296. The van der Waals surface area contributed by atoms with Gasteiger partial charge in [0.25, 0.3) is 5.56 Å². The van der Waals surface area contributed by atoms with E-state index in [1.807, 2.05) is 0 Å². The number of H-pyrrole nitrogens is 1. The summed E-state index contributed by atoms with van der Waals surface area (Å²) in [5.74, 6) is 0.476. The molecule has 2 unspecified atom stereocenters. The predicted octanol–water partition coefficient (Wildman–Crippen LogP) is 0.721. The van der Waals surface area contributed by atoms with Gasteiger partial charge in [0.1, 0.15) is 5.82 Å². The average Bonchev–Trinajstić information content (AvgIpc) is 2.31. The molecule has 99 valence electrons. The van der Waals surface area contributed by atoms with Gasteiger partial charge in [0, 0.05) is 39.8 Å². The molecule has 18 heavy (non-hydrogen) atoms. The molecule has 0 bridgehead atoms. The summed E-state index contributed by atoms with van der Waals surface area (Å²) in [5.41, 5.74) is -0.309. The molecule has 0 aliphatic carbocycles. The molecule has 0 aromatic carbocycles. The Balaban J connectivity index is 0.000000917. The molecule has 2 atom stereocenters. The molecule has 1 saturated heterocycles. The van der Waals surface area contributed by atoms with Gasteiger partial charge in [-0.2, -0.15) is 0 Å². The summed E-state index contributed by atoms with van der Waals surface area (Å²) >= 11 is 0. The van der Waals surface area contributed by atoms with Crippen molar-refractivity contribution in [2.45, 2.75) is 31.7 Å². The fourth-order valence-electron chi connectivity index (χ4n) is 1.81. The topological polar surface area (TPSA) is 100 Å². The van der Waals surface area contributed by atoms with Crippen molar-refractivity contribution in [1.29, 1.82) is 0 Å². The van der Waals surface area contributed by atoms with Crippen LogP contribution in [0, 0.1) is 0 Å². The minimum Gasteiger partial charge on any atom is -0.659 e. The molecule has 7 heteroatoms. The third-order valence-corrected chi connectivity index (χ3v) is 2.70. The van der Waals surface area contributed by atoms with Crippen LogP contribution in [0.5, 0.6) is 5.88 Å². The van der Waals surface area contributed by atoms with Gasteiger partial charge in [0.15, 0.2) is 0 Å². The van der Waals surface area contributed by atoms with Crippen molar-refractivity contribution in [3.63, 3.8) is 0 Å². The van der Waals surface area contributed by atoms with Crippen LogP contribution in [0.15, 0.2) is 10.9 Å². The van der Waals surface area contributed by atoms with E-state index in [2.05, 4.69) is 22.2 Å². The number of aliphatic hydroxyl groups is 1. The maximum atomic E-state index is 11.1. The van der Waals surface area contributed by atoms with Crippen LogP contribution < -0.4 is 5.56 Å². The number of aromatic amines is 1. The SMILES string of the molecule is CC1CCC(c2nc(O)cc(=O)[nH]2)C[N-]1.CO.[Y]. The van der Waals surface area contributed by atoms with Gasteiger partial charge in [-0.3, -0.25) is 4.79 Å². The van der Waals surface area contributed by atoms with Crippen molar-refractivity contribution in [3.8, 4) is 5.88 Å². The Kier molecular flexibility index (Phi) is 8.60. The summed E-state index contributed by atoms with van der Waals surface area (Å²) in [6.45, 7) is 2.75. The summed E-state index contributed by atoms with van der Waals surface area (Å²) in [6.07, 6.45) is 1.96. The Bertz CT molecular complexity index is 403. The van der Waals surface area contributed by atoms with Crippen LogP contribution in [0.25, 0.3) is 5.32 Å². The summed E-state index contributed by atoms with van der Waals surface area (Å²) in [7, 11) is 1.00. The largest absolute Gasteiger partial charge is 0.659 e. The van der Waals surface area contributed by atoms with E-state index in [1.165, 1.54) is 0 Å². The zero-order valence-corrected chi connectivity index (χ0v) is 13.5. The van der Waals surface area contributed by atoms with Crippen LogP contribution in [0.4, 0.5) is 0 Å². The quantitative estimate of drug-likeness (QED) is 0.707. The number of aliphatic hydroxyl groups excluding tert-OH is 1. The van der Waals surface area contributed by atoms with E-state index in [0.717, 1.165) is 26.0 Å². The van der Waals surface area contributed by atoms with Gasteiger partial charge < -0.3 is 20.5 Å².